The third kappa shape index (κ3) is 19.4. The first-order valence-corrected chi connectivity index (χ1v) is 41.5. The predicted molar refractivity (Wildman–Crippen MR) is 435 cm³/mol. The molecule has 120 heavy (non-hydrogen) atoms. The Bertz CT molecular complexity index is 4870. The lowest BCUT2D eigenvalue weighted by molar-refractivity contribution is -0.270. The highest BCUT2D eigenvalue weighted by molar-refractivity contribution is 6.32. The maximum absolute atomic E-state index is 16.7. The Morgan fingerprint density at radius 1 is 0.658 bits per heavy atom. The van der Waals surface area contributed by atoms with Gasteiger partial charge in [0.05, 0.1) is 34.2 Å². The lowest BCUT2D eigenvalue weighted by atomic mass is 9.51. The maximum atomic E-state index is 16.7. The van der Waals surface area contributed by atoms with E-state index in [1.54, 1.807) is 26.1 Å². The van der Waals surface area contributed by atoms with Gasteiger partial charge >= 0.3 is 6.03 Å². The minimum absolute atomic E-state index is 0.0465. The first-order chi connectivity index (χ1) is 57.4. The topological polar surface area (TPSA) is 481 Å². The molecule has 6 aromatic rings. The van der Waals surface area contributed by atoms with E-state index in [0.29, 0.717) is 43.6 Å². The van der Waals surface area contributed by atoms with Crippen LogP contribution < -0.4 is 66.6 Å². The molecule has 7 amide bonds. The van der Waals surface area contributed by atoms with Crippen LogP contribution in [0.15, 0.2) is 97.1 Å². The van der Waals surface area contributed by atoms with Crippen LogP contribution in [-0.4, -0.2) is 170 Å². The number of benzene rings is 6. The van der Waals surface area contributed by atoms with E-state index in [4.69, 9.17) is 57.4 Å². The zero-order valence-corrected chi connectivity index (χ0v) is 68.4. The summed E-state index contributed by atoms with van der Waals surface area (Å²) in [4.78, 5) is 140. The zero-order chi connectivity index (χ0) is 85.8. The molecule has 642 valence electrons. The molecular formula is C87H102Cl2N8O23. The molecule has 31 nitrogen and oxygen atoms in total. The Hall–Kier alpha value is -10.2. The fourth-order valence-electron chi connectivity index (χ4n) is 18.0. The number of hydrogen-bond acceptors (Lipinski definition) is 25. The van der Waals surface area contributed by atoms with Crippen LogP contribution in [-0.2, 0) is 43.1 Å². The number of hydrogen-bond donors (Lipinski definition) is 16. The van der Waals surface area contributed by atoms with Gasteiger partial charge in [0, 0.05) is 68.0 Å². The number of unbranched alkanes of at least 4 members (excludes halogenated alkanes) is 1. The van der Waals surface area contributed by atoms with Gasteiger partial charge in [0.25, 0.3) is 0 Å². The molecule has 0 radical (unpaired) electrons. The van der Waals surface area contributed by atoms with Gasteiger partial charge in [0.1, 0.15) is 108 Å². The lowest BCUT2D eigenvalue weighted by Gasteiger charge is -2.54. The van der Waals surface area contributed by atoms with Crippen LogP contribution in [0.3, 0.4) is 0 Å². The SMILES string of the molecule is CCCCOc1ccc(OCCNC)c(NC(=O)NC(=O)C[C@@H]2CC(=O)[C@H](NC(=O)[C@H](CC)CC(C)C)[C@H](O)c3ccc(c(Cl)c3)Oc3cc4cc(c3O[C@@H]3O[C@H](CN)[C@@H](O)[C@H](O)[C@H]3O)Oc3ccc(cc3Cl)[C@@H](O)[C@@H]3NC(=O)[C@H](CC(=O)[C@@H]4NC2=O)c2ccc(O)c(c2)-c2c(O)cc(O)cc2[C@@H](C(=O)CC2C4CC5CC(C4)CC2C5)NC3=O)c1. The van der Waals surface area contributed by atoms with E-state index >= 15 is 28.8 Å². The smallest absolute Gasteiger partial charge is 0.325 e. The van der Waals surface area contributed by atoms with Crippen LogP contribution in [0, 0.1) is 47.3 Å². The summed E-state index contributed by atoms with van der Waals surface area (Å²) in [5.41, 5.74) is 4.49. The number of nitrogens with two attached hydrogens (primary N) is 1. The zero-order valence-electron chi connectivity index (χ0n) is 66.8. The average Bonchev–Trinajstić information content (AvgIpc) is 0.755. The van der Waals surface area contributed by atoms with E-state index < -0.39 is 198 Å². The Kier molecular flexibility index (Phi) is 27.6. The molecule has 33 heteroatoms. The number of phenolic OH excluding ortho intramolecular Hbond substituents is 3. The first-order valence-electron chi connectivity index (χ1n) is 40.8. The lowest BCUT2D eigenvalue weighted by Crippen LogP contribution is -2.60. The summed E-state index contributed by atoms with van der Waals surface area (Å²) < 4.78 is 37.8. The van der Waals surface area contributed by atoms with E-state index in [1.807, 2.05) is 20.8 Å². The number of aliphatic hydroxyl groups excluding tert-OH is 5. The molecule has 6 aromatic carbocycles. The van der Waals surface area contributed by atoms with Gasteiger partial charge in [-0.25, -0.2) is 4.79 Å². The number of halogens is 2. The third-order valence-electron chi connectivity index (χ3n) is 24.0. The number of urea groups is 1. The van der Waals surface area contributed by atoms with Crippen molar-refractivity contribution in [3.63, 3.8) is 0 Å². The van der Waals surface area contributed by atoms with Crippen LogP contribution >= 0.6 is 23.2 Å². The van der Waals surface area contributed by atoms with Crippen molar-refractivity contribution in [2.24, 2.45) is 53.1 Å². The van der Waals surface area contributed by atoms with E-state index in [2.05, 4.69) is 37.2 Å². The van der Waals surface area contributed by atoms with Crippen molar-refractivity contribution in [2.75, 3.05) is 38.7 Å². The quantitative estimate of drug-likeness (QED) is 0.0282. The Morgan fingerprint density at radius 3 is 1.96 bits per heavy atom. The standard InChI is InChI=1S/C87H102Cl2N8O23/c1-6-8-18-115-51-12-16-66(116-19-17-91-5)58(35-51)92-87(114)93-70(104)32-49-29-61(101)74(96-82(110)42(7-2)20-39(3)4)76(105)44-10-14-64(56(88)27-44)117-67-30-48-31-68(81(67)120-86-80(109)79(108)78(107)69(38-90)119-86)118-65-15-11-45(28-57(65)89)77(106)75-85(113)95-73(63(103)36-52-46-22-40-21-41(24-46)25-47(52)23-40)55-33-50(98)34-60(100)71(55)54-26-43(9-13-59(54)99)53(84(112)97-75)37-62(102)72(48)94-83(49)111/h9-16,26-28,30-31,33-35,39-42,46-47,49,52-53,69,72-80,86,91,98-100,105-109H,6-8,17-25,29,32,36-38,90H2,1-5H3,(H,94,111)(H,95,113)(H,96,110)(H,97,112)(H2,92,93,104,114)/t40?,41?,42-,46?,47?,49+,52?,53-,69-,72-,73+,74+,75+,76-,77-,78-,79+,80-,86+/m1/s1. The number of anilines is 1. The number of nitrogens with one attached hydrogen (secondary N) is 7. The summed E-state index contributed by atoms with van der Waals surface area (Å²) in [5.74, 6) is -15.5. The van der Waals surface area contributed by atoms with Crippen LogP contribution in [0.4, 0.5) is 10.5 Å². The van der Waals surface area contributed by atoms with Gasteiger partial charge in [-0.2, -0.15) is 0 Å². The third-order valence-corrected chi connectivity index (χ3v) is 24.6. The number of fused-ring (bicyclic) bond motifs is 15. The maximum Gasteiger partial charge on any atom is 0.325 e. The summed E-state index contributed by atoms with van der Waals surface area (Å²) in [6, 6.07) is 10.7. The summed E-state index contributed by atoms with van der Waals surface area (Å²) in [5, 5.41) is 113. The van der Waals surface area contributed by atoms with E-state index in [9.17, 15) is 55.2 Å². The summed E-state index contributed by atoms with van der Waals surface area (Å²) in [7, 11) is 1.70. The van der Waals surface area contributed by atoms with Crippen molar-refractivity contribution in [1.82, 2.24) is 31.9 Å². The Balaban J connectivity index is 0.987. The summed E-state index contributed by atoms with van der Waals surface area (Å²) in [6.07, 6.45) is -9.92. The number of Topliss-reactive ketones (excluding diaryl/α,β-unsaturated/α-hetero) is 3. The Morgan fingerprint density at radius 2 is 1.32 bits per heavy atom. The molecule has 6 heterocycles. The number of aromatic hydroxyl groups is 3. The molecule has 4 saturated carbocycles. The molecule has 5 fully saturated rings. The highest BCUT2D eigenvalue weighted by Crippen LogP contribution is 2.58. The second-order valence-corrected chi connectivity index (χ2v) is 33.7. The van der Waals surface area contributed by atoms with Gasteiger partial charge in [-0.15, -0.1) is 0 Å². The Labute approximate surface area is 702 Å². The van der Waals surface area contributed by atoms with Crippen LogP contribution in [0.5, 0.6) is 57.5 Å². The molecular weight excluding hydrogens is 1600 g/mol. The number of ether oxygens (including phenoxy) is 6. The van der Waals surface area contributed by atoms with Gasteiger partial charge in [-0.1, -0.05) is 75.5 Å². The summed E-state index contributed by atoms with van der Waals surface area (Å²) in [6.45, 7) is 7.86. The molecule has 0 unspecified atom stereocenters. The largest absolute Gasteiger partial charge is 0.508 e. The number of amides is 7. The number of carbonyl (C=O) groups excluding carboxylic acids is 9. The van der Waals surface area contributed by atoms with Crippen LogP contribution in [0.2, 0.25) is 10.0 Å². The first kappa shape index (κ1) is 87.6. The van der Waals surface area contributed by atoms with Gasteiger partial charge < -0.3 is 107 Å². The molecule has 1 saturated heterocycles. The predicted octanol–water partition coefficient (Wildman–Crippen LogP) is 8.84. The normalized spacial score (nSPS) is 27.3. The highest BCUT2D eigenvalue weighted by atomic mass is 35.5. The number of phenols is 3. The van der Waals surface area contributed by atoms with Gasteiger partial charge in [-0.3, -0.25) is 43.7 Å². The molecule has 0 aromatic heterocycles. The average molecular weight is 1700 g/mol. The molecule has 17 N–H and O–H groups in total. The number of carbonyl (C=O) groups is 9. The van der Waals surface area contributed by atoms with Crippen molar-refractivity contribution >= 4 is 81.8 Å². The van der Waals surface area contributed by atoms with Crippen LogP contribution in [0.25, 0.3) is 11.1 Å². The van der Waals surface area contributed by atoms with Gasteiger partial charge in [-0.05, 0) is 188 Å². The van der Waals surface area contributed by atoms with Gasteiger partial charge in [0.15, 0.2) is 28.8 Å². The number of imide groups is 1. The van der Waals surface area contributed by atoms with Crippen molar-refractivity contribution in [3.05, 3.63) is 135 Å². The molecule has 4 aliphatic carbocycles. The highest BCUT2D eigenvalue weighted by Gasteiger charge is 2.51. The summed E-state index contributed by atoms with van der Waals surface area (Å²) >= 11 is 14.4. The second-order valence-electron chi connectivity index (χ2n) is 32.9. The molecule has 14 atom stereocenters. The van der Waals surface area contributed by atoms with Crippen LogP contribution in [0.1, 0.15) is 169 Å². The van der Waals surface area contributed by atoms with Crippen molar-refractivity contribution in [3.8, 4) is 68.6 Å². The number of aliphatic hydroxyl groups is 5. The van der Waals surface area contributed by atoms with E-state index in [-0.39, 0.29) is 115 Å². The van der Waals surface area contributed by atoms with Crippen molar-refractivity contribution in [1.29, 1.82) is 0 Å². The number of ketones is 3. The monoisotopic (exact) mass is 1700 g/mol. The molecule has 15 bridgehead atoms. The second kappa shape index (κ2) is 37.8. The molecule has 0 spiro atoms. The minimum atomic E-state index is -2.23. The van der Waals surface area contributed by atoms with Crippen molar-refractivity contribution < 1.29 is 112 Å². The number of rotatable bonds is 22. The molecule has 16 rings (SSSR count). The molecule has 6 aliphatic heterocycles. The molecule has 10 aliphatic rings. The van der Waals surface area contributed by atoms with E-state index in [0.717, 1.165) is 68.9 Å². The van der Waals surface area contributed by atoms with Crippen molar-refractivity contribution in [2.45, 2.75) is 184 Å². The van der Waals surface area contributed by atoms with E-state index in [1.165, 1.54) is 54.6 Å². The fourth-order valence-corrected chi connectivity index (χ4v) is 18.5. The minimum Gasteiger partial charge on any atom is -0.508 e. The number of likely N-dealkylation sites (N-methyl/N-ethyl adjacent to an activating group) is 1. The van der Waals surface area contributed by atoms with Gasteiger partial charge in [0.2, 0.25) is 41.6 Å². The fraction of sp³-hybridized carbons (Fsp3) is 0.483.